The first-order valence-electron chi connectivity index (χ1n) is 4.95. The van der Waals surface area contributed by atoms with Crippen LogP contribution in [-0.2, 0) is 0 Å². The van der Waals surface area contributed by atoms with Crippen molar-refractivity contribution in [3.63, 3.8) is 0 Å². The molecule has 14 heavy (non-hydrogen) atoms. The van der Waals surface area contributed by atoms with Gasteiger partial charge in [-0.2, -0.15) is 4.37 Å². The molecule has 4 heteroatoms. The number of nitrogens with zero attached hydrogens (tertiary/aromatic N) is 1. The summed E-state index contributed by atoms with van der Waals surface area (Å²) < 4.78 is 4.11. The van der Waals surface area contributed by atoms with Gasteiger partial charge in [0.25, 0.3) is 0 Å². The van der Waals surface area contributed by atoms with Gasteiger partial charge < -0.3 is 10.2 Å². The molecular weight excluding hydrogens is 198 g/mol. The summed E-state index contributed by atoms with van der Waals surface area (Å²) in [7, 11) is 0. The lowest BCUT2D eigenvalue weighted by Gasteiger charge is -2.27. The van der Waals surface area contributed by atoms with Crippen LogP contribution in [-0.4, -0.2) is 20.2 Å². The zero-order valence-electron chi connectivity index (χ0n) is 8.23. The molecule has 0 radical (unpaired) electrons. The van der Waals surface area contributed by atoms with Gasteiger partial charge in [0.1, 0.15) is 6.10 Å². The van der Waals surface area contributed by atoms with E-state index in [0.29, 0.717) is 12.8 Å². The fourth-order valence-electron chi connectivity index (χ4n) is 2.04. The Balaban J connectivity index is 2.18. The van der Waals surface area contributed by atoms with E-state index in [2.05, 4.69) is 4.37 Å². The predicted octanol–water partition coefficient (Wildman–Crippen LogP) is 1.79. The van der Waals surface area contributed by atoms with Crippen LogP contribution < -0.4 is 0 Å². The standard InChI is InChI=1S/C10H15NO2S/c1-7-6-8(14-11-7)9(12)10(13)4-2-3-5-10/h6,9,12-13H,2-5H2,1H3. The first-order valence-corrected chi connectivity index (χ1v) is 5.73. The Bertz CT molecular complexity index is 318. The van der Waals surface area contributed by atoms with Crippen molar-refractivity contribution in [1.29, 1.82) is 0 Å². The van der Waals surface area contributed by atoms with Crippen molar-refractivity contribution < 1.29 is 10.2 Å². The number of hydrogen-bond donors (Lipinski definition) is 2. The van der Waals surface area contributed by atoms with E-state index in [1.54, 1.807) is 0 Å². The maximum Gasteiger partial charge on any atom is 0.118 e. The zero-order chi connectivity index (χ0) is 10.2. The summed E-state index contributed by atoms with van der Waals surface area (Å²) in [6.07, 6.45) is 2.66. The van der Waals surface area contributed by atoms with E-state index in [1.807, 2.05) is 13.0 Å². The Morgan fingerprint density at radius 3 is 2.64 bits per heavy atom. The average molecular weight is 213 g/mol. The molecule has 1 heterocycles. The minimum Gasteiger partial charge on any atom is -0.387 e. The summed E-state index contributed by atoms with van der Waals surface area (Å²) in [6.45, 7) is 1.89. The van der Waals surface area contributed by atoms with Crippen LogP contribution in [0.2, 0.25) is 0 Å². The Morgan fingerprint density at radius 1 is 1.50 bits per heavy atom. The van der Waals surface area contributed by atoms with E-state index in [0.717, 1.165) is 23.4 Å². The second-order valence-corrected chi connectivity index (χ2v) is 4.92. The van der Waals surface area contributed by atoms with Crippen molar-refractivity contribution >= 4 is 11.5 Å². The van der Waals surface area contributed by atoms with E-state index in [9.17, 15) is 10.2 Å². The van der Waals surface area contributed by atoms with Gasteiger partial charge in [0, 0.05) is 0 Å². The summed E-state index contributed by atoms with van der Waals surface area (Å²) in [5, 5.41) is 20.2. The Morgan fingerprint density at radius 2 is 2.14 bits per heavy atom. The quantitative estimate of drug-likeness (QED) is 0.787. The van der Waals surface area contributed by atoms with Crippen LogP contribution in [0.4, 0.5) is 0 Å². The molecule has 0 aromatic carbocycles. The third-order valence-electron chi connectivity index (χ3n) is 2.89. The van der Waals surface area contributed by atoms with Gasteiger partial charge in [0.15, 0.2) is 0 Å². The highest BCUT2D eigenvalue weighted by atomic mass is 32.1. The summed E-state index contributed by atoms with van der Waals surface area (Å²) in [5.41, 5.74) is 0.00421. The van der Waals surface area contributed by atoms with Gasteiger partial charge in [-0.25, -0.2) is 0 Å². The van der Waals surface area contributed by atoms with E-state index in [4.69, 9.17) is 0 Å². The number of aliphatic hydroxyl groups excluding tert-OH is 1. The number of aryl methyl sites for hydroxylation is 1. The lowest BCUT2D eigenvalue weighted by atomic mass is 9.94. The molecule has 1 atom stereocenters. The first kappa shape index (κ1) is 10.1. The van der Waals surface area contributed by atoms with Gasteiger partial charge in [0.2, 0.25) is 0 Å². The van der Waals surface area contributed by atoms with Crippen LogP contribution in [0.5, 0.6) is 0 Å². The monoisotopic (exact) mass is 213 g/mol. The average Bonchev–Trinajstić information content (AvgIpc) is 2.74. The summed E-state index contributed by atoms with van der Waals surface area (Å²) >= 11 is 1.28. The fraction of sp³-hybridized carbons (Fsp3) is 0.700. The maximum atomic E-state index is 10.2. The molecule has 1 aliphatic rings. The molecule has 1 saturated carbocycles. The third kappa shape index (κ3) is 1.69. The van der Waals surface area contributed by atoms with Crippen molar-refractivity contribution in [2.75, 3.05) is 0 Å². The molecule has 1 aliphatic carbocycles. The summed E-state index contributed by atoms with van der Waals surface area (Å²) in [6, 6.07) is 1.85. The van der Waals surface area contributed by atoms with E-state index >= 15 is 0 Å². The van der Waals surface area contributed by atoms with Gasteiger partial charge >= 0.3 is 0 Å². The van der Waals surface area contributed by atoms with Crippen LogP contribution in [0, 0.1) is 6.92 Å². The van der Waals surface area contributed by atoms with Crippen LogP contribution in [0.1, 0.15) is 42.4 Å². The Kier molecular flexibility index (Phi) is 2.60. The third-order valence-corrected chi connectivity index (χ3v) is 3.83. The van der Waals surface area contributed by atoms with Gasteiger partial charge in [-0.05, 0) is 37.4 Å². The van der Waals surface area contributed by atoms with Gasteiger partial charge in [0.05, 0.1) is 16.2 Å². The second-order valence-electron chi connectivity index (χ2n) is 4.08. The molecule has 0 aliphatic heterocycles. The molecule has 3 nitrogen and oxygen atoms in total. The summed E-state index contributed by atoms with van der Waals surface area (Å²) in [5.74, 6) is 0. The zero-order valence-corrected chi connectivity index (χ0v) is 9.05. The van der Waals surface area contributed by atoms with E-state index < -0.39 is 11.7 Å². The first-order chi connectivity index (χ1) is 6.62. The number of aliphatic hydroxyl groups is 2. The number of rotatable bonds is 2. The molecule has 0 saturated heterocycles. The predicted molar refractivity (Wildman–Crippen MR) is 55.2 cm³/mol. The van der Waals surface area contributed by atoms with Crippen LogP contribution in [0.3, 0.4) is 0 Å². The molecule has 2 rings (SSSR count). The van der Waals surface area contributed by atoms with Gasteiger partial charge in [-0.3, -0.25) is 0 Å². The van der Waals surface area contributed by atoms with Crippen molar-refractivity contribution in [3.05, 3.63) is 16.6 Å². The van der Waals surface area contributed by atoms with Crippen LogP contribution in [0.25, 0.3) is 0 Å². The lowest BCUT2D eigenvalue weighted by molar-refractivity contribution is -0.0702. The summed E-state index contributed by atoms with van der Waals surface area (Å²) in [4.78, 5) is 0.784. The molecule has 1 aromatic rings. The molecule has 0 spiro atoms. The van der Waals surface area contributed by atoms with E-state index in [-0.39, 0.29) is 0 Å². The van der Waals surface area contributed by atoms with Crippen LogP contribution >= 0.6 is 11.5 Å². The molecular formula is C10H15NO2S. The molecule has 1 unspecified atom stereocenters. The highest BCUT2D eigenvalue weighted by Crippen LogP contribution is 2.40. The van der Waals surface area contributed by atoms with Crippen molar-refractivity contribution in [3.8, 4) is 0 Å². The normalized spacial score (nSPS) is 22.5. The topological polar surface area (TPSA) is 53.4 Å². The smallest absolute Gasteiger partial charge is 0.118 e. The molecule has 2 N–H and O–H groups in total. The molecule has 1 fully saturated rings. The lowest BCUT2D eigenvalue weighted by Crippen LogP contribution is -2.32. The highest BCUT2D eigenvalue weighted by Gasteiger charge is 2.40. The molecule has 1 aromatic heterocycles. The largest absolute Gasteiger partial charge is 0.387 e. The van der Waals surface area contributed by atoms with E-state index in [1.165, 1.54) is 11.5 Å². The Labute approximate surface area is 87.6 Å². The van der Waals surface area contributed by atoms with Gasteiger partial charge in [-0.1, -0.05) is 12.8 Å². The maximum absolute atomic E-state index is 10.2. The van der Waals surface area contributed by atoms with Crippen LogP contribution in [0.15, 0.2) is 6.07 Å². The van der Waals surface area contributed by atoms with Gasteiger partial charge in [-0.15, -0.1) is 0 Å². The van der Waals surface area contributed by atoms with Crippen molar-refractivity contribution in [2.45, 2.75) is 44.3 Å². The van der Waals surface area contributed by atoms with Crippen molar-refractivity contribution in [1.82, 2.24) is 4.37 Å². The number of aromatic nitrogens is 1. The Hall–Kier alpha value is -0.450. The second kappa shape index (κ2) is 3.61. The minimum atomic E-state index is -0.904. The number of hydrogen-bond acceptors (Lipinski definition) is 4. The molecule has 0 bridgehead atoms. The minimum absolute atomic E-state index is 0.700. The highest BCUT2D eigenvalue weighted by molar-refractivity contribution is 7.05. The fourth-order valence-corrected chi connectivity index (χ4v) is 2.88. The molecule has 0 amide bonds. The van der Waals surface area contributed by atoms with Crippen molar-refractivity contribution in [2.24, 2.45) is 0 Å². The molecule has 78 valence electrons. The SMILES string of the molecule is Cc1cc(C(O)C2(O)CCCC2)sn1.